The molecule has 0 atom stereocenters. The van der Waals surface area contributed by atoms with Gasteiger partial charge in [-0.2, -0.15) is 0 Å². The van der Waals surface area contributed by atoms with Crippen LogP contribution in [0.2, 0.25) is 0 Å². The van der Waals surface area contributed by atoms with Gasteiger partial charge in [0.2, 0.25) is 10.0 Å². The van der Waals surface area contributed by atoms with E-state index in [1.165, 1.54) is 12.6 Å². The van der Waals surface area contributed by atoms with Crippen molar-refractivity contribution in [1.29, 1.82) is 0 Å². The van der Waals surface area contributed by atoms with Crippen molar-refractivity contribution in [2.45, 2.75) is 25.2 Å². The zero-order valence-electron chi connectivity index (χ0n) is 13.3. The predicted molar refractivity (Wildman–Crippen MR) is 91.9 cm³/mol. The molecule has 0 radical (unpaired) electrons. The highest BCUT2D eigenvalue weighted by Gasteiger charge is 2.14. The largest absolute Gasteiger partial charge is 0.346 e. The lowest BCUT2D eigenvalue weighted by Gasteiger charge is -2.09. The van der Waals surface area contributed by atoms with Crippen molar-refractivity contribution in [3.05, 3.63) is 47.8 Å². The molecule has 3 aromatic rings. The summed E-state index contributed by atoms with van der Waals surface area (Å²) in [5, 5.41) is 1.11. The van der Waals surface area contributed by atoms with Crippen LogP contribution >= 0.6 is 0 Å². The second-order valence-corrected chi connectivity index (χ2v) is 7.36. The van der Waals surface area contributed by atoms with E-state index in [0.29, 0.717) is 0 Å². The first-order chi connectivity index (χ1) is 11.0. The third-order valence-electron chi connectivity index (χ3n) is 4.09. The van der Waals surface area contributed by atoms with E-state index in [1.54, 1.807) is 12.1 Å². The van der Waals surface area contributed by atoms with Crippen molar-refractivity contribution >= 4 is 21.1 Å². The summed E-state index contributed by atoms with van der Waals surface area (Å²) in [7, 11) is -2.02. The van der Waals surface area contributed by atoms with Gasteiger partial charge in [-0.15, -0.1) is 0 Å². The van der Waals surface area contributed by atoms with E-state index in [0.717, 1.165) is 34.1 Å². The number of rotatable bonds is 4. The molecule has 0 saturated carbocycles. The van der Waals surface area contributed by atoms with Crippen LogP contribution in [0.1, 0.15) is 18.1 Å². The van der Waals surface area contributed by atoms with Crippen LogP contribution in [-0.4, -0.2) is 25.4 Å². The first-order valence-corrected chi connectivity index (χ1v) is 8.95. The molecule has 0 aliphatic rings. The van der Waals surface area contributed by atoms with Crippen LogP contribution in [0.15, 0.2) is 41.6 Å². The Kier molecular flexibility index (Phi) is 3.95. The molecule has 3 rings (SSSR count). The highest BCUT2D eigenvalue weighted by molar-refractivity contribution is 7.89. The van der Waals surface area contributed by atoms with Gasteiger partial charge in [0, 0.05) is 23.3 Å². The van der Waals surface area contributed by atoms with Crippen LogP contribution < -0.4 is 4.72 Å². The fraction of sp³-hybridized carbons (Fsp3) is 0.235. The van der Waals surface area contributed by atoms with E-state index >= 15 is 0 Å². The average molecular weight is 329 g/mol. The smallest absolute Gasteiger partial charge is 0.240 e. The lowest BCUT2D eigenvalue weighted by Crippen LogP contribution is -2.18. The van der Waals surface area contributed by atoms with E-state index in [-0.39, 0.29) is 4.90 Å². The van der Waals surface area contributed by atoms with Gasteiger partial charge in [0.25, 0.3) is 0 Å². The number of aromatic nitrogens is 2. The molecule has 0 bridgehead atoms. The number of hydrogen-bond acceptors (Lipinski definition) is 3. The van der Waals surface area contributed by atoms with Gasteiger partial charge >= 0.3 is 0 Å². The minimum absolute atomic E-state index is 0.270. The molecule has 23 heavy (non-hydrogen) atoms. The highest BCUT2D eigenvalue weighted by Crippen LogP contribution is 2.28. The van der Waals surface area contributed by atoms with Crippen LogP contribution in [0.4, 0.5) is 0 Å². The Hall–Kier alpha value is -2.18. The standard InChI is InChI=1S/C17H19N3O2S/c1-4-12-9-19-17-16(12)8-13(10-20-17)15-6-5-14(7-11(15)2)23(21,22)18-3/h5-10,18H,4H2,1-3H3,(H,19,20). The molecule has 2 aromatic heterocycles. The van der Waals surface area contributed by atoms with Crippen molar-refractivity contribution in [3.8, 4) is 11.1 Å². The topological polar surface area (TPSA) is 74.8 Å². The molecule has 0 spiro atoms. The summed E-state index contributed by atoms with van der Waals surface area (Å²) in [4.78, 5) is 7.91. The normalized spacial score (nSPS) is 12.0. The van der Waals surface area contributed by atoms with Crippen LogP contribution in [0.3, 0.4) is 0 Å². The number of aryl methyl sites for hydroxylation is 2. The number of nitrogens with one attached hydrogen (secondary N) is 2. The third kappa shape index (κ3) is 2.75. The van der Waals surface area contributed by atoms with Crippen LogP contribution in [-0.2, 0) is 16.4 Å². The Balaban J connectivity index is 2.12. The molecule has 1 aromatic carbocycles. The Morgan fingerprint density at radius 2 is 2.04 bits per heavy atom. The maximum absolute atomic E-state index is 11.9. The molecule has 0 aliphatic heterocycles. The lowest BCUT2D eigenvalue weighted by molar-refractivity contribution is 0.588. The van der Waals surface area contributed by atoms with E-state index in [4.69, 9.17) is 0 Å². The van der Waals surface area contributed by atoms with Gasteiger partial charge in [-0.3, -0.25) is 0 Å². The van der Waals surface area contributed by atoms with Gasteiger partial charge in [-0.05, 0) is 55.3 Å². The van der Waals surface area contributed by atoms with Crippen LogP contribution in [0, 0.1) is 6.92 Å². The number of H-pyrrole nitrogens is 1. The summed E-state index contributed by atoms with van der Waals surface area (Å²) in [6, 6.07) is 7.24. The minimum atomic E-state index is -3.43. The molecular weight excluding hydrogens is 310 g/mol. The van der Waals surface area contributed by atoms with E-state index in [9.17, 15) is 8.42 Å². The second kappa shape index (κ2) is 5.79. The molecule has 0 fully saturated rings. The zero-order valence-corrected chi connectivity index (χ0v) is 14.2. The monoisotopic (exact) mass is 329 g/mol. The van der Waals surface area contributed by atoms with Crippen molar-refractivity contribution in [2.24, 2.45) is 0 Å². The van der Waals surface area contributed by atoms with Crippen LogP contribution in [0.5, 0.6) is 0 Å². The van der Waals surface area contributed by atoms with E-state index in [2.05, 4.69) is 27.7 Å². The third-order valence-corrected chi connectivity index (χ3v) is 5.50. The Morgan fingerprint density at radius 1 is 1.26 bits per heavy atom. The molecule has 5 nitrogen and oxygen atoms in total. The number of sulfonamides is 1. The summed E-state index contributed by atoms with van der Waals surface area (Å²) >= 11 is 0. The average Bonchev–Trinajstić information content (AvgIpc) is 2.96. The van der Waals surface area contributed by atoms with E-state index in [1.807, 2.05) is 25.4 Å². The van der Waals surface area contributed by atoms with Gasteiger partial charge in [-0.25, -0.2) is 18.1 Å². The highest BCUT2D eigenvalue weighted by atomic mass is 32.2. The fourth-order valence-electron chi connectivity index (χ4n) is 2.74. The predicted octanol–water partition coefficient (Wildman–Crippen LogP) is 3.01. The maximum atomic E-state index is 11.9. The SMILES string of the molecule is CCc1c[nH]c2ncc(-c3ccc(S(=O)(=O)NC)cc3C)cc12. The fourth-order valence-corrected chi connectivity index (χ4v) is 3.56. The van der Waals surface area contributed by atoms with Gasteiger partial charge in [-0.1, -0.05) is 13.0 Å². The molecular formula is C17H19N3O2S. The minimum Gasteiger partial charge on any atom is -0.346 e. The summed E-state index contributed by atoms with van der Waals surface area (Å²) in [5.41, 5.74) is 4.96. The summed E-state index contributed by atoms with van der Waals surface area (Å²) < 4.78 is 26.1. The summed E-state index contributed by atoms with van der Waals surface area (Å²) in [5.74, 6) is 0. The lowest BCUT2D eigenvalue weighted by atomic mass is 10.0. The molecule has 0 unspecified atom stereocenters. The Bertz CT molecular complexity index is 975. The number of aromatic amines is 1. The summed E-state index contributed by atoms with van der Waals surface area (Å²) in [6.45, 7) is 4.02. The molecule has 2 N–H and O–H groups in total. The quantitative estimate of drug-likeness (QED) is 0.772. The molecule has 0 saturated heterocycles. The van der Waals surface area contributed by atoms with E-state index < -0.39 is 10.0 Å². The molecule has 0 aliphatic carbocycles. The maximum Gasteiger partial charge on any atom is 0.240 e. The van der Waals surface area contributed by atoms with Crippen LogP contribution in [0.25, 0.3) is 22.2 Å². The number of hydrogen-bond donors (Lipinski definition) is 2. The number of nitrogens with zero attached hydrogens (tertiary/aromatic N) is 1. The Labute approximate surface area is 135 Å². The summed E-state index contributed by atoms with van der Waals surface area (Å²) in [6.07, 6.45) is 4.73. The number of pyridine rings is 1. The van der Waals surface area contributed by atoms with Crippen molar-refractivity contribution in [2.75, 3.05) is 7.05 Å². The molecule has 120 valence electrons. The number of benzene rings is 1. The second-order valence-electron chi connectivity index (χ2n) is 5.47. The molecule has 6 heteroatoms. The first-order valence-electron chi connectivity index (χ1n) is 7.47. The molecule has 0 amide bonds. The number of fused-ring (bicyclic) bond motifs is 1. The van der Waals surface area contributed by atoms with Crippen molar-refractivity contribution in [1.82, 2.24) is 14.7 Å². The Morgan fingerprint density at radius 3 is 2.70 bits per heavy atom. The van der Waals surface area contributed by atoms with Gasteiger partial charge < -0.3 is 4.98 Å². The van der Waals surface area contributed by atoms with Gasteiger partial charge in [0.1, 0.15) is 5.65 Å². The van der Waals surface area contributed by atoms with Crippen molar-refractivity contribution in [3.63, 3.8) is 0 Å². The first kappa shape index (κ1) is 15.7. The van der Waals surface area contributed by atoms with Gasteiger partial charge in [0.05, 0.1) is 4.90 Å². The van der Waals surface area contributed by atoms with Crippen molar-refractivity contribution < 1.29 is 8.42 Å². The van der Waals surface area contributed by atoms with Gasteiger partial charge in [0.15, 0.2) is 0 Å². The molecule has 2 heterocycles. The zero-order chi connectivity index (χ0) is 16.6.